The first-order valence-electron chi connectivity index (χ1n) is 7.28. The highest BCUT2D eigenvalue weighted by Crippen LogP contribution is 2.20. The molecule has 1 aromatic heterocycles. The van der Waals surface area contributed by atoms with E-state index < -0.39 is 0 Å². The van der Waals surface area contributed by atoms with Crippen LogP contribution < -0.4 is 11.1 Å². The minimum atomic E-state index is 0.200. The van der Waals surface area contributed by atoms with Crippen molar-refractivity contribution >= 4 is 28.6 Å². The summed E-state index contributed by atoms with van der Waals surface area (Å²) in [6.07, 6.45) is 2.71. The molecule has 1 aliphatic rings. The molecule has 1 fully saturated rings. The molecule has 110 valence electrons. The van der Waals surface area contributed by atoms with Crippen LogP contribution >= 0.6 is 0 Å². The Labute approximate surface area is 123 Å². The fourth-order valence-corrected chi connectivity index (χ4v) is 2.64. The van der Waals surface area contributed by atoms with Crippen LogP contribution in [0.15, 0.2) is 24.3 Å². The Morgan fingerprint density at radius 3 is 2.81 bits per heavy atom. The summed E-state index contributed by atoms with van der Waals surface area (Å²) in [4.78, 5) is 22.3. The summed E-state index contributed by atoms with van der Waals surface area (Å²) in [5, 5.41) is 4.12. The van der Waals surface area contributed by atoms with Gasteiger partial charge in [0.25, 0.3) is 0 Å². The van der Waals surface area contributed by atoms with E-state index in [4.69, 9.17) is 5.73 Å². The van der Waals surface area contributed by atoms with E-state index in [0.717, 1.165) is 36.8 Å². The van der Waals surface area contributed by atoms with Gasteiger partial charge in [-0.3, -0.25) is 4.79 Å². The molecule has 1 aliphatic heterocycles. The molecule has 0 bridgehead atoms. The van der Waals surface area contributed by atoms with Crippen molar-refractivity contribution in [3.05, 3.63) is 24.3 Å². The normalized spacial score (nSPS) is 14.6. The zero-order valence-corrected chi connectivity index (χ0v) is 11.9. The SMILES string of the molecule is Nc1nc(NCCC(=O)N2CCCC2)c2ccccc2n1. The Kier molecular flexibility index (Phi) is 3.85. The largest absolute Gasteiger partial charge is 0.369 e. The molecule has 0 unspecified atom stereocenters. The first-order chi connectivity index (χ1) is 10.2. The van der Waals surface area contributed by atoms with Crippen LogP contribution in [0.25, 0.3) is 10.9 Å². The van der Waals surface area contributed by atoms with Gasteiger partial charge in [-0.25, -0.2) is 4.98 Å². The van der Waals surface area contributed by atoms with Gasteiger partial charge in [-0.1, -0.05) is 12.1 Å². The van der Waals surface area contributed by atoms with Gasteiger partial charge < -0.3 is 16.0 Å². The lowest BCUT2D eigenvalue weighted by Crippen LogP contribution is -2.29. The molecule has 6 heteroatoms. The van der Waals surface area contributed by atoms with Gasteiger partial charge in [0, 0.05) is 31.4 Å². The number of carbonyl (C=O) groups is 1. The van der Waals surface area contributed by atoms with E-state index in [0.29, 0.717) is 18.8 Å². The number of nitrogen functional groups attached to an aromatic ring is 1. The predicted octanol–water partition coefficient (Wildman–Crippen LogP) is 1.64. The van der Waals surface area contributed by atoms with E-state index in [1.54, 1.807) is 0 Å². The van der Waals surface area contributed by atoms with Gasteiger partial charge in [-0.2, -0.15) is 4.98 Å². The van der Waals surface area contributed by atoms with Crippen LogP contribution in [0, 0.1) is 0 Å². The van der Waals surface area contributed by atoms with E-state index in [2.05, 4.69) is 15.3 Å². The average molecular weight is 285 g/mol. The third-order valence-corrected chi connectivity index (χ3v) is 3.71. The first kappa shape index (κ1) is 13.6. The van der Waals surface area contributed by atoms with E-state index >= 15 is 0 Å². The summed E-state index contributed by atoms with van der Waals surface area (Å²) in [6, 6.07) is 7.69. The third-order valence-electron chi connectivity index (χ3n) is 3.71. The Morgan fingerprint density at radius 1 is 1.24 bits per heavy atom. The zero-order valence-electron chi connectivity index (χ0n) is 11.9. The van der Waals surface area contributed by atoms with Gasteiger partial charge in [0.05, 0.1) is 5.52 Å². The first-order valence-corrected chi connectivity index (χ1v) is 7.28. The number of carbonyl (C=O) groups excluding carboxylic acids is 1. The topological polar surface area (TPSA) is 84.1 Å². The number of fused-ring (bicyclic) bond motifs is 1. The number of anilines is 2. The number of nitrogens with one attached hydrogen (secondary N) is 1. The number of hydrogen-bond acceptors (Lipinski definition) is 5. The van der Waals surface area contributed by atoms with Crippen molar-refractivity contribution in [1.29, 1.82) is 0 Å². The zero-order chi connectivity index (χ0) is 14.7. The van der Waals surface area contributed by atoms with Crippen molar-refractivity contribution < 1.29 is 4.79 Å². The second-order valence-corrected chi connectivity index (χ2v) is 5.21. The van der Waals surface area contributed by atoms with Crippen LogP contribution in [0.1, 0.15) is 19.3 Å². The number of benzene rings is 1. The average Bonchev–Trinajstić information content (AvgIpc) is 3.01. The lowest BCUT2D eigenvalue weighted by molar-refractivity contribution is -0.129. The third kappa shape index (κ3) is 3.04. The van der Waals surface area contributed by atoms with E-state index in [1.807, 2.05) is 29.2 Å². The summed E-state index contributed by atoms with van der Waals surface area (Å²) < 4.78 is 0. The van der Waals surface area contributed by atoms with Gasteiger partial charge in [-0.15, -0.1) is 0 Å². The van der Waals surface area contributed by atoms with Gasteiger partial charge in [0.1, 0.15) is 5.82 Å². The number of nitrogens with zero attached hydrogens (tertiary/aromatic N) is 3. The smallest absolute Gasteiger partial charge is 0.224 e. The molecule has 3 rings (SSSR count). The molecule has 0 radical (unpaired) electrons. The molecule has 2 heterocycles. The van der Waals surface area contributed by atoms with Gasteiger partial charge in [-0.05, 0) is 25.0 Å². The number of hydrogen-bond donors (Lipinski definition) is 2. The number of para-hydroxylation sites is 1. The second kappa shape index (κ2) is 5.95. The Morgan fingerprint density at radius 2 is 2.00 bits per heavy atom. The predicted molar refractivity (Wildman–Crippen MR) is 82.9 cm³/mol. The van der Waals surface area contributed by atoms with Crippen molar-refractivity contribution in [3.8, 4) is 0 Å². The fraction of sp³-hybridized carbons (Fsp3) is 0.400. The molecule has 2 aromatic rings. The molecule has 21 heavy (non-hydrogen) atoms. The number of rotatable bonds is 4. The fourth-order valence-electron chi connectivity index (χ4n) is 2.64. The van der Waals surface area contributed by atoms with Crippen LogP contribution in [0.5, 0.6) is 0 Å². The highest BCUT2D eigenvalue weighted by molar-refractivity contribution is 5.90. The van der Waals surface area contributed by atoms with Crippen molar-refractivity contribution in [1.82, 2.24) is 14.9 Å². The van der Waals surface area contributed by atoms with Crippen LogP contribution in [0.4, 0.5) is 11.8 Å². The van der Waals surface area contributed by atoms with E-state index in [-0.39, 0.29) is 11.9 Å². The summed E-state index contributed by atoms with van der Waals surface area (Å²) in [5.74, 6) is 1.13. The van der Waals surface area contributed by atoms with Crippen LogP contribution in [-0.2, 0) is 4.79 Å². The Hall–Kier alpha value is -2.37. The molecule has 0 atom stereocenters. The minimum Gasteiger partial charge on any atom is -0.369 e. The van der Waals surface area contributed by atoms with Crippen molar-refractivity contribution in [3.63, 3.8) is 0 Å². The lowest BCUT2D eigenvalue weighted by atomic mass is 10.2. The van der Waals surface area contributed by atoms with Crippen LogP contribution in [0.2, 0.25) is 0 Å². The maximum absolute atomic E-state index is 12.0. The molecule has 0 aliphatic carbocycles. The monoisotopic (exact) mass is 285 g/mol. The summed E-state index contributed by atoms with van der Waals surface area (Å²) in [6.45, 7) is 2.33. The standard InChI is InChI=1S/C15H19N5O/c16-15-18-12-6-2-1-5-11(12)14(19-15)17-8-7-13(21)20-9-3-4-10-20/h1-2,5-6H,3-4,7-10H2,(H3,16,17,18,19). The molecule has 1 aromatic carbocycles. The Bertz CT molecular complexity index is 652. The van der Waals surface area contributed by atoms with Crippen molar-refractivity contribution in [2.75, 3.05) is 30.7 Å². The molecular formula is C15H19N5O. The molecule has 0 spiro atoms. The highest BCUT2D eigenvalue weighted by Gasteiger charge is 2.17. The van der Waals surface area contributed by atoms with Crippen molar-refractivity contribution in [2.24, 2.45) is 0 Å². The van der Waals surface area contributed by atoms with E-state index in [9.17, 15) is 4.79 Å². The molecule has 1 amide bonds. The maximum Gasteiger partial charge on any atom is 0.224 e. The molecule has 3 N–H and O–H groups in total. The van der Waals surface area contributed by atoms with Crippen LogP contribution in [0.3, 0.4) is 0 Å². The van der Waals surface area contributed by atoms with Gasteiger partial charge in [0.2, 0.25) is 11.9 Å². The number of amides is 1. The summed E-state index contributed by atoms with van der Waals surface area (Å²) in [7, 11) is 0. The number of aromatic nitrogens is 2. The second-order valence-electron chi connectivity index (χ2n) is 5.21. The minimum absolute atomic E-state index is 0.200. The van der Waals surface area contributed by atoms with Gasteiger partial charge in [0.15, 0.2) is 0 Å². The summed E-state index contributed by atoms with van der Waals surface area (Å²) >= 11 is 0. The molecule has 1 saturated heterocycles. The van der Waals surface area contributed by atoms with Gasteiger partial charge >= 0.3 is 0 Å². The number of nitrogens with two attached hydrogens (primary N) is 1. The highest BCUT2D eigenvalue weighted by atomic mass is 16.2. The Balaban J connectivity index is 1.66. The lowest BCUT2D eigenvalue weighted by Gasteiger charge is -2.15. The molecular weight excluding hydrogens is 266 g/mol. The molecule has 0 saturated carbocycles. The maximum atomic E-state index is 12.0. The quantitative estimate of drug-likeness (QED) is 0.892. The van der Waals surface area contributed by atoms with Crippen LogP contribution in [-0.4, -0.2) is 40.4 Å². The van der Waals surface area contributed by atoms with E-state index in [1.165, 1.54) is 0 Å². The summed E-state index contributed by atoms with van der Waals surface area (Å²) in [5.41, 5.74) is 6.52. The number of likely N-dealkylation sites (tertiary alicyclic amines) is 1. The van der Waals surface area contributed by atoms with Crippen molar-refractivity contribution in [2.45, 2.75) is 19.3 Å². The molecule has 6 nitrogen and oxygen atoms in total.